The van der Waals surface area contributed by atoms with Crippen molar-refractivity contribution in [1.29, 1.82) is 0 Å². The Morgan fingerprint density at radius 3 is 2.58 bits per heavy atom. The number of nitrogens with zero attached hydrogens (tertiary/aromatic N) is 1. The summed E-state index contributed by atoms with van der Waals surface area (Å²) in [6.07, 6.45) is 7.55. The van der Waals surface area contributed by atoms with Crippen molar-refractivity contribution < 1.29 is 0 Å². The smallest absolute Gasteiger partial charge is 0.0637 e. The molecule has 3 unspecified atom stereocenters. The summed E-state index contributed by atoms with van der Waals surface area (Å²) in [5.41, 5.74) is 1.21. The Bertz CT molecular complexity index is 397. The van der Waals surface area contributed by atoms with Gasteiger partial charge in [-0.3, -0.25) is 4.98 Å². The maximum atomic E-state index is 6.34. The Labute approximate surface area is 122 Å². The second-order valence-corrected chi connectivity index (χ2v) is 6.52. The van der Waals surface area contributed by atoms with Crippen LogP contribution in [0.3, 0.4) is 0 Å². The van der Waals surface area contributed by atoms with E-state index in [-0.39, 0.29) is 0 Å². The monoisotopic (exact) mass is 280 g/mol. The summed E-state index contributed by atoms with van der Waals surface area (Å²) in [6, 6.07) is 2.44. The summed E-state index contributed by atoms with van der Waals surface area (Å²) in [5, 5.41) is 4.43. The summed E-state index contributed by atoms with van der Waals surface area (Å²) in [6.45, 7) is 7.89. The van der Waals surface area contributed by atoms with Gasteiger partial charge in [-0.05, 0) is 55.2 Å². The normalized spacial score (nSPS) is 29.2. The van der Waals surface area contributed by atoms with Gasteiger partial charge in [0.05, 0.1) is 5.02 Å². The molecule has 1 heterocycles. The highest BCUT2D eigenvalue weighted by Gasteiger charge is 2.31. The van der Waals surface area contributed by atoms with Gasteiger partial charge in [-0.25, -0.2) is 0 Å². The average Bonchev–Trinajstić information content (AvgIpc) is 2.36. The van der Waals surface area contributed by atoms with Crippen molar-refractivity contribution in [2.75, 3.05) is 6.54 Å². The molecule has 0 amide bonds. The summed E-state index contributed by atoms with van der Waals surface area (Å²) in [5.74, 6) is 2.31. The van der Waals surface area contributed by atoms with Crippen LogP contribution in [0.15, 0.2) is 18.5 Å². The number of nitrogens with one attached hydrogen (secondary N) is 1. The quantitative estimate of drug-likeness (QED) is 0.881. The molecule has 1 aromatic heterocycles. The van der Waals surface area contributed by atoms with E-state index in [0.29, 0.717) is 12.0 Å². The first-order valence-electron chi connectivity index (χ1n) is 7.44. The molecule has 1 fully saturated rings. The van der Waals surface area contributed by atoms with Crippen molar-refractivity contribution in [1.82, 2.24) is 10.3 Å². The molecule has 3 atom stereocenters. The lowest BCUT2D eigenvalue weighted by Gasteiger charge is -2.37. The van der Waals surface area contributed by atoms with Crippen LogP contribution in [0, 0.1) is 17.8 Å². The molecule has 1 aromatic rings. The lowest BCUT2D eigenvalue weighted by Crippen LogP contribution is -2.33. The molecule has 19 heavy (non-hydrogen) atoms. The standard InChI is InChI=1S/C16H25ClN2/c1-4-19-16(14-5-6-18-10-15(14)17)13-8-11(2)7-12(3)9-13/h5-6,10-13,16,19H,4,7-9H2,1-3H3. The van der Waals surface area contributed by atoms with E-state index in [1.54, 1.807) is 6.20 Å². The topological polar surface area (TPSA) is 24.9 Å². The maximum absolute atomic E-state index is 6.34. The lowest BCUT2D eigenvalue weighted by atomic mass is 9.72. The van der Waals surface area contributed by atoms with Gasteiger partial charge in [-0.1, -0.05) is 32.4 Å². The van der Waals surface area contributed by atoms with Crippen LogP contribution in [0.1, 0.15) is 51.6 Å². The third-order valence-corrected chi connectivity index (χ3v) is 4.57. The first-order chi connectivity index (χ1) is 9.11. The fraction of sp³-hybridized carbons (Fsp3) is 0.688. The zero-order valence-corrected chi connectivity index (χ0v) is 13.0. The zero-order chi connectivity index (χ0) is 13.8. The number of hydrogen-bond donors (Lipinski definition) is 1. The molecule has 0 saturated heterocycles. The maximum Gasteiger partial charge on any atom is 0.0637 e. The van der Waals surface area contributed by atoms with Crippen LogP contribution in [-0.2, 0) is 0 Å². The fourth-order valence-corrected chi connectivity index (χ4v) is 3.91. The third kappa shape index (κ3) is 3.70. The van der Waals surface area contributed by atoms with Crippen molar-refractivity contribution in [3.8, 4) is 0 Å². The molecular weight excluding hydrogens is 256 g/mol. The molecule has 0 bridgehead atoms. The number of rotatable bonds is 4. The van der Waals surface area contributed by atoms with Gasteiger partial charge in [-0.15, -0.1) is 0 Å². The van der Waals surface area contributed by atoms with Gasteiger partial charge in [0.2, 0.25) is 0 Å². The molecule has 0 aromatic carbocycles. The Kier molecular flexibility index (Phi) is 5.23. The Morgan fingerprint density at radius 2 is 2.00 bits per heavy atom. The van der Waals surface area contributed by atoms with Gasteiger partial charge in [-0.2, -0.15) is 0 Å². The number of pyridine rings is 1. The SMILES string of the molecule is CCNC(c1ccncc1Cl)C1CC(C)CC(C)C1. The first kappa shape index (κ1) is 14.8. The summed E-state index contributed by atoms with van der Waals surface area (Å²) in [4.78, 5) is 4.10. The largest absolute Gasteiger partial charge is 0.310 e. The van der Waals surface area contributed by atoms with E-state index in [9.17, 15) is 0 Å². The summed E-state index contributed by atoms with van der Waals surface area (Å²) < 4.78 is 0. The van der Waals surface area contributed by atoms with Crippen LogP contribution in [0.4, 0.5) is 0 Å². The predicted octanol–water partition coefficient (Wildman–Crippen LogP) is 4.46. The summed E-state index contributed by atoms with van der Waals surface area (Å²) in [7, 11) is 0. The van der Waals surface area contributed by atoms with Crippen LogP contribution in [0.25, 0.3) is 0 Å². The van der Waals surface area contributed by atoms with Crippen LogP contribution < -0.4 is 5.32 Å². The van der Waals surface area contributed by atoms with Crippen molar-refractivity contribution in [2.45, 2.75) is 46.1 Å². The van der Waals surface area contributed by atoms with Crippen LogP contribution >= 0.6 is 11.6 Å². The third-order valence-electron chi connectivity index (χ3n) is 4.25. The number of hydrogen-bond acceptors (Lipinski definition) is 2. The minimum absolute atomic E-state index is 0.366. The van der Waals surface area contributed by atoms with Crippen LogP contribution in [0.5, 0.6) is 0 Å². The minimum Gasteiger partial charge on any atom is -0.310 e. The molecular formula is C16H25ClN2. The lowest BCUT2D eigenvalue weighted by molar-refractivity contribution is 0.177. The van der Waals surface area contributed by atoms with Gasteiger partial charge in [0.25, 0.3) is 0 Å². The predicted molar refractivity (Wildman–Crippen MR) is 81.3 cm³/mol. The van der Waals surface area contributed by atoms with E-state index in [1.807, 2.05) is 6.20 Å². The average molecular weight is 281 g/mol. The molecule has 1 aliphatic carbocycles. The van der Waals surface area contributed by atoms with Gasteiger partial charge >= 0.3 is 0 Å². The van der Waals surface area contributed by atoms with Gasteiger partial charge in [0.15, 0.2) is 0 Å². The molecule has 2 rings (SSSR count). The molecule has 3 heteroatoms. The second kappa shape index (κ2) is 6.71. The summed E-state index contributed by atoms with van der Waals surface area (Å²) >= 11 is 6.34. The van der Waals surface area contributed by atoms with Crippen molar-refractivity contribution in [3.63, 3.8) is 0 Å². The molecule has 1 N–H and O–H groups in total. The van der Waals surface area contributed by atoms with E-state index in [0.717, 1.165) is 23.4 Å². The molecule has 106 valence electrons. The first-order valence-corrected chi connectivity index (χ1v) is 7.82. The highest BCUT2D eigenvalue weighted by atomic mass is 35.5. The molecule has 0 radical (unpaired) electrons. The van der Waals surface area contributed by atoms with E-state index < -0.39 is 0 Å². The van der Waals surface area contributed by atoms with E-state index in [4.69, 9.17) is 11.6 Å². The van der Waals surface area contributed by atoms with Crippen LogP contribution in [0.2, 0.25) is 5.02 Å². The van der Waals surface area contributed by atoms with Gasteiger partial charge in [0, 0.05) is 18.4 Å². The van der Waals surface area contributed by atoms with Crippen molar-refractivity contribution in [3.05, 3.63) is 29.0 Å². The molecule has 0 spiro atoms. The van der Waals surface area contributed by atoms with Crippen LogP contribution in [-0.4, -0.2) is 11.5 Å². The number of aromatic nitrogens is 1. The highest BCUT2D eigenvalue weighted by Crippen LogP contribution is 2.41. The van der Waals surface area contributed by atoms with E-state index in [1.165, 1.54) is 24.8 Å². The zero-order valence-electron chi connectivity index (χ0n) is 12.2. The van der Waals surface area contributed by atoms with Gasteiger partial charge < -0.3 is 5.32 Å². The Hall–Kier alpha value is -0.600. The Balaban J connectivity index is 2.22. The van der Waals surface area contributed by atoms with E-state index >= 15 is 0 Å². The second-order valence-electron chi connectivity index (χ2n) is 6.11. The molecule has 1 aliphatic rings. The highest BCUT2D eigenvalue weighted by molar-refractivity contribution is 6.31. The van der Waals surface area contributed by atoms with Gasteiger partial charge in [0.1, 0.15) is 0 Å². The Morgan fingerprint density at radius 1 is 1.32 bits per heavy atom. The van der Waals surface area contributed by atoms with E-state index in [2.05, 4.69) is 37.1 Å². The fourth-order valence-electron chi connectivity index (χ4n) is 3.67. The molecule has 0 aliphatic heterocycles. The minimum atomic E-state index is 0.366. The molecule has 1 saturated carbocycles. The van der Waals surface area contributed by atoms with Crippen molar-refractivity contribution >= 4 is 11.6 Å². The number of halogens is 1. The molecule has 2 nitrogen and oxygen atoms in total. The van der Waals surface area contributed by atoms with Crippen molar-refractivity contribution in [2.24, 2.45) is 17.8 Å².